The van der Waals surface area contributed by atoms with Crippen LogP contribution in [0.15, 0.2) is 36.4 Å². The molecule has 0 N–H and O–H groups in total. The molecular formula is C20H20N4OS2. The molecule has 0 atom stereocenters. The molecule has 27 heavy (non-hydrogen) atoms. The first-order valence-corrected chi connectivity index (χ1v) is 10.7. The van der Waals surface area contributed by atoms with Crippen molar-refractivity contribution < 1.29 is 4.74 Å². The number of anilines is 2. The van der Waals surface area contributed by atoms with Gasteiger partial charge in [0.15, 0.2) is 10.3 Å². The van der Waals surface area contributed by atoms with Gasteiger partial charge in [0.25, 0.3) is 0 Å². The van der Waals surface area contributed by atoms with E-state index in [0.717, 1.165) is 53.2 Å². The fourth-order valence-electron chi connectivity index (χ4n) is 3.45. The van der Waals surface area contributed by atoms with Crippen molar-refractivity contribution in [3.63, 3.8) is 0 Å². The molecule has 1 saturated heterocycles. The van der Waals surface area contributed by atoms with Crippen LogP contribution >= 0.6 is 22.7 Å². The summed E-state index contributed by atoms with van der Waals surface area (Å²) in [5, 5.41) is 2.23. The molecule has 1 fully saturated rings. The normalized spacial score (nSPS) is 15.0. The van der Waals surface area contributed by atoms with Crippen LogP contribution in [0.5, 0.6) is 5.75 Å². The Bertz CT molecular complexity index is 1110. The molecule has 138 valence electrons. The number of methoxy groups -OCH3 is 1. The van der Waals surface area contributed by atoms with E-state index in [1.165, 1.54) is 15.0 Å². The zero-order valence-electron chi connectivity index (χ0n) is 15.3. The summed E-state index contributed by atoms with van der Waals surface area (Å²) in [6.07, 6.45) is 0. The number of hydrogen-bond donors (Lipinski definition) is 0. The number of hydrogen-bond acceptors (Lipinski definition) is 7. The van der Waals surface area contributed by atoms with E-state index >= 15 is 0 Å². The Hall–Kier alpha value is -2.38. The van der Waals surface area contributed by atoms with Crippen LogP contribution in [-0.2, 0) is 0 Å². The summed E-state index contributed by atoms with van der Waals surface area (Å²) < 4.78 is 7.77. The highest BCUT2D eigenvalue weighted by Crippen LogP contribution is 2.34. The average Bonchev–Trinajstić information content (AvgIpc) is 3.32. The third-order valence-electron chi connectivity index (χ3n) is 5.01. The largest absolute Gasteiger partial charge is 0.497 e. The van der Waals surface area contributed by atoms with Crippen molar-refractivity contribution in [3.05, 3.63) is 42.0 Å². The highest BCUT2D eigenvalue weighted by atomic mass is 32.1. The monoisotopic (exact) mass is 396 g/mol. The van der Waals surface area contributed by atoms with E-state index in [-0.39, 0.29) is 0 Å². The van der Waals surface area contributed by atoms with E-state index < -0.39 is 0 Å². The topological polar surface area (TPSA) is 41.5 Å². The number of ether oxygens (including phenoxy) is 1. The minimum Gasteiger partial charge on any atom is -0.497 e. The second-order valence-corrected chi connectivity index (χ2v) is 8.74. The van der Waals surface area contributed by atoms with E-state index in [1.54, 1.807) is 29.8 Å². The zero-order valence-corrected chi connectivity index (χ0v) is 16.9. The summed E-state index contributed by atoms with van der Waals surface area (Å²) in [6, 6.07) is 12.5. The summed E-state index contributed by atoms with van der Waals surface area (Å²) in [4.78, 5) is 14.5. The van der Waals surface area contributed by atoms with Crippen molar-refractivity contribution >= 4 is 53.4 Å². The number of thiazole rings is 2. The van der Waals surface area contributed by atoms with E-state index in [1.807, 2.05) is 12.1 Å². The molecule has 0 bridgehead atoms. The second-order valence-electron chi connectivity index (χ2n) is 6.72. The van der Waals surface area contributed by atoms with Gasteiger partial charge in [0.1, 0.15) is 5.75 Å². The number of benzene rings is 2. The van der Waals surface area contributed by atoms with Crippen molar-refractivity contribution in [1.29, 1.82) is 0 Å². The van der Waals surface area contributed by atoms with Gasteiger partial charge in [-0.3, -0.25) is 0 Å². The van der Waals surface area contributed by atoms with Crippen molar-refractivity contribution in [2.24, 2.45) is 0 Å². The summed E-state index contributed by atoms with van der Waals surface area (Å²) in [7, 11) is 1.70. The molecule has 0 unspecified atom stereocenters. The molecule has 7 heteroatoms. The van der Waals surface area contributed by atoms with Crippen LogP contribution in [0.1, 0.15) is 5.56 Å². The highest BCUT2D eigenvalue weighted by molar-refractivity contribution is 7.22. The molecular weight excluding hydrogens is 376 g/mol. The van der Waals surface area contributed by atoms with Crippen LogP contribution in [0.25, 0.3) is 20.4 Å². The molecule has 0 radical (unpaired) electrons. The van der Waals surface area contributed by atoms with Gasteiger partial charge in [0.2, 0.25) is 0 Å². The number of para-hydroxylation sites is 1. The summed E-state index contributed by atoms with van der Waals surface area (Å²) >= 11 is 3.53. The lowest BCUT2D eigenvalue weighted by Crippen LogP contribution is -2.46. The number of piperazine rings is 1. The predicted molar refractivity (Wildman–Crippen MR) is 115 cm³/mol. The van der Waals surface area contributed by atoms with E-state index in [2.05, 4.69) is 41.0 Å². The Morgan fingerprint density at radius 1 is 0.889 bits per heavy atom. The smallest absolute Gasteiger partial charge is 0.186 e. The van der Waals surface area contributed by atoms with Gasteiger partial charge in [-0.05, 0) is 36.8 Å². The Balaban J connectivity index is 1.34. The van der Waals surface area contributed by atoms with Gasteiger partial charge < -0.3 is 14.5 Å². The maximum absolute atomic E-state index is 5.33. The van der Waals surface area contributed by atoms with Gasteiger partial charge >= 0.3 is 0 Å². The third-order valence-corrected chi connectivity index (χ3v) is 7.17. The number of nitrogens with zero attached hydrogens (tertiary/aromatic N) is 4. The zero-order chi connectivity index (χ0) is 18.4. The SMILES string of the molecule is COc1ccc2nc(N3CCN(c4nc5c(C)cccc5s4)CC3)sc2c1. The van der Waals surface area contributed by atoms with Gasteiger partial charge in [0.05, 0.1) is 27.5 Å². The number of aromatic nitrogens is 2. The molecule has 0 spiro atoms. The molecule has 5 rings (SSSR count). The van der Waals surface area contributed by atoms with E-state index in [4.69, 9.17) is 14.7 Å². The Morgan fingerprint density at radius 2 is 1.59 bits per heavy atom. The molecule has 2 aromatic carbocycles. The first-order chi connectivity index (χ1) is 13.2. The summed E-state index contributed by atoms with van der Waals surface area (Å²) in [6.45, 7) is 6.00. The van der Waals surface area contributed by atoms with E-state index in [9.17, 15) is 0 Å². The molecule has 1 aliphatic heterocycles. The fourth-order valence-corrected chi connectivity index (χ4v) is 5.59. The summed E-state index contributed by atoms with van der Waals surface area (Å²) in [5.41, 5.74) is 3.43. The van der Waals surface area contributed by atoms with Gasteiger partial charge in [-0.1, -0.05) is 34.8 Å². The first kappa shape index (κ1) is 16.8. The molecule has 0 aliphatic carbocycles. The number of fused-ring (bicyclic) bond motifs is 2. The summed E-state index contributed by atoms with van der Waals surface area (Å²) in [5.74, 6) is 0.883. The predicted octanol–water partition coefficient (Wildman–Crippen LogP) is 4.55. The van der Waals surface area contributed by atoms with Gasteiger partial charge in [0, 0.05) is 26.2 Å². The lowest BCUT2D eigenvalue weighted by Gasteiger charge is -2.34. The molecule has 1 aliphatic rings. The Morgan fingerprint density at radius 3 is 2.30 bits per heavy atom. The lowest BCUT2D eigenvalue weighted by molar-refractivity contribution is 0.415. The average molecular weight is 397 g/mol. The molecule has 0 amide bonds. The minimum atomic E-state index is 0.883. The molecule has 0 saturated carbocycles. The van der Waals surface area contributed by atoms with Crippen molar-refractivity contribution in [3.8, 4) is 5.75 Å². The van der Waals surface area contributed by atoms with Crippen molar-refractivity contribution in [2.75, 3.05) is 43.1 Å². The van der Waals surface area contributed by atoms with E-state index in [0.29, 0.717) is 0 Å². The lowest BCUT2D eigenvalue weighted by atomic mass is 10.2. The van der Waals surface area contributed by atoms with Gasteiger partial charge in [-0.15, -0.1) is 0 Å². The Kier molecular flexibility index (Phi) is 4.13. The van der Waals surface area contributed by atoms with Crippen molar-refractivity contribution in [1.82, 2.24) is 9.97 Å². The molecule has 3 heterocycles. The van der Waals surface area contributed by atoms with Crippen LogP contribution in [-0.4, -0.2) is 43.3 Å². The first-order valence-electron chi connectivity index (χ1n) is 9.02. The standard InChI is InChI=1S/C20H20N4OS2/c1-13-4-3-5-16-18(13)22-20(26-16)24-10-8-23(9-11-24)19-21-15-7-6-14(25-2)12-17(15)27-19/h3-7,12H,8-11H2,1-2H3. The van der Waals surface area contributed by atoms with Gasteiger partial charge in [-0.2, -0.15) is 0 Å². The van der Waals surface area contributed by atoms with Crippen LogP contribution in [0, 0.1) is 6.92 Å². The third kappa shape index (κ3) is 3.00. The number of rotatable bonds is 3. The molecule has 5 nitrogen and oxygen atoms in total. The molecule has 2 aromatic heterocycles. The maximum atomic E-state index is 5.33. The Labute approximate surface area is 165 Å². The second kappa shape index (κ2) is 6.65. The quantitative estimate of drug-likeness (QED) is 0.508. The van der Waals surface area contributed by atoms with Gasteiger partial charge in [-0.25, -0.2) is 9.97 Å². The molecule has 4 aromatic rings. The van der Waals surface area contributed by atoms with Crippen LogP contribution < -0.4 is 14.5 Å². The maximum Gasteiger partial charge on any atom is 0.186 e. The number of aryl methyl sites for hydroxylation is 1. The highest BCUT2D eigenvalue weighted by Gasteiger charge is 2.22. The van der Waals surface area contributed by atoms with Crippen LogP contribution in [0.2, 0.25) is 0 Å². The van der Waals surface area contributed by atoms with Crippen LogP contribution in [0.3, 0.4) is 0 Å². The van der Waals surface area contributed by atoms with Crippen molar-refractivity contribution in [2.45, 2.75) is 6.92 Å². The fraction of sp³-hybridized carbons (Fsp3) is 0.300. The van der Waals surface area contributed by atoms with Crippen LogP contribution in [0.4, 0.5) is 10.3 Å². The minimum absolute atomic E-state index is 0.883.